The minimum Gasteiger partial charge on any atom is -0.497 e. The Morgan fingerprint density at radius 1 is 0.952 bits per heavy atom. The summed E-state index contributed by atoms with van der Waals surface area (Å²) in [5.41, 5.74) is 2.06. The second-order valence-electron chi connectivity index (χ2n) is 4.47. The van der Waals surface area contributed by atoms with Gasteiger partial charge in [-0.05, 0) is 28.7 Å². The lowest BCUT2D eigenvalue weighted by atomic mass is 10.2. The Labute approximate surface area is 131 Å². The summed E-state index contributed by atoms with van der Waals surface area (Å²) >= 11 is 1.61. The number of methoxy groups -OCH3 is 1. The standard InChI is InChI=1S/C17H14O2S2/c1-19-15-9-7-14(8-10-15)17-11-20-16(12-21(17)18)13-5-3-2-4-6-13/h2-12H,1H3. The summed E-state index contributed by atoms with van der Waals surface area (Å²) in [4.78, 5) is 1.87. The number of ether oxygens (including phenoxy) is 1. The molecule has 2 aromatic carbocycles. The molecule has 3 rings (SSSR count). The van der Waals surface area contributed by atoms with Crippen molar-refractivity contribution < 1.29 is 8.95 Å². The van der Waals surface area contributed by atoms with Gasteiger partial charge in [-0.15, -0.1) is 0 Å². The van der Waals surface area contributed by atoms with Gasteiger partial charge in [0.1, 0.15) is 5.75 Å². The zero-order valence-corrected chi connectivity index (χ0v) is 13.1. The summed E-state index contributed by atoms with van der Waals surface area (Å²) in [7, 11) is 0.506. The van der Waals surface area contributed by atoms with E-state index in [9.17, 15) is 4.21 Å². The van der Waals surface area contributed by atoms with Crippen molar-refractivity contribution in [1.29, 1.82) is 0 Å². The summed E-state index contributed by atoms with van der Waals surface area (Å²) in [6.07, 6.45) is 0. The van der Waals surface area contributed by atoms with Gasteiger partial charge in [0.2, 0.25) is 0 Å². The van der Waals surface area contributed by atoms with Gasteiger partial charge in [0.05, 0.1) is 22.8 Å². The van der Waals surface area contributed by atoms with Crippen LogP contribution in [0.15, 0.2) is 65.4 Å². The van der Waals surface area contributed by atoms with Crippen LogP contribution in [0.3, 0.4) is 0 Å². The summed E-state index contributed by atoms with van der Waals surface area (Å²) in [5, 5.41) is 3.79. The molecule has 0 aromatic heterocycles. The van der Waals surface area contributed by atoms with Gasteiger partial charge in [-0.25, -0.2) is 4.21 Å². The molecular formula is C17H14O2S2. The van der Waals surface area contributed by atoms with Crippen LogP contribution >= 0.6 is 11.8 Å². The maximum absolute atomic E-state index is 12.5. The van der Waals surface area contributed by atoms with E-state index in [1.165, 1.54) is 0 Å². The van der Waals surface area contributed by atoms with Crippen molar-refractivity contribution in [2.45, 2.75) is 0 Å². The molecule has 1 unspecified atom stereocenters. The molecule has 106 valence electrons. The molecule has 0 radical (unpaired) electrons. The van der Waals surface area contributed by atoms with E-state index in [1.54, 1.807) is 18.9 Å². The van der Waals surface area contributed by atoms with E-state index in [4.69, 9.17) is 4.74 Å². The van der Waals surface area contributed by atoms with Crippen LogP contribution in [0.4, 0.5) is 0 Å². The molecule has 0 N–H and O–H groups in total. The summed E-state index contributed by atoms with van der Waals surface area (Å²) in [6, 6.07) is 17.7. The Kier molecular flexibility index (Phi) is 4.27. The van der Waals surface area contributed by atoms with Crippen molar-refractivity contribution in [3.8, 4) is 5.75 Å². The zero-order valence-electron chi connectivity index (χ0n) is 11.5. The molecule has 2 nitrogen and oxygen atoms in total. The maximum atomic E-state index is 12.5. The minimum absolute atomic E-state index is 0.800. The highest BCUT2D eigenvalue weighted by Crippen LogP contribution is 2.38. The monoisotopic (exact) mass is 314 g/mol. The van der Waals surface area contributed by atoms with Crippen LogP contribution in [0.5, 0.6) is 5.75 Å². The number of hydrogen-bond donors (Lipinski definition) is 0. The van der Waals surface area contributed by atoms with Crippen LogP contribution in [-0.4, -0.2) is 11.3 Å². The summed E-state index contributed by atoms with van der Waals surface area (Å²) < 4.78 is 17.6. The largest absolute Gasteiger partial charge is 0.497 e. The zero-order chi connectivity index (χ0) is 14.7. The van der Waals surface area contributed by atoms with Crippen molar-refractivity contribution in [2.24, 2.45) is 0 Å². The van der Waals surface area contributed by atoms with E-state index >= 15 is 0 Å². The van der Waals surface area contributed by atoms with Crippen LogP contribution in [-0.2, 0) is 10.8 Å². The SMILES string of the molecule is COc1ccc(C2=CSC(c3ccccc3)=CS2=O)cc1. The molecule has 4 heteroatoms. The van der Waals surface area contributed by atoms with E-state index in [0.29, 0.717) is 0 Å². The second-order valence-corrected chi connectivity index (χ2v) is 6.66. The molecule has 1 atom stereocenters. The highest BCUT2D eigenvalue weighted by molar-refractivity contribution is 8.14. The predicted molar refractivity (Wildman–Crippen MR) is 91.1 cm³/mol. The van der Waals surface area contributed by atoms with Gasteiger partial charge in [0.15, 0.2) is 0 Å². The van der Waals surface area contributed by atoms with Crippen LogP contribution in [0.2, 0.25) is 0 Å². The molecule has 1 aliphatic heterocycles. The first-order valence-electron chi connectivity index (χ1n) is 6.47. The van der Waals surface area contributed by atoms with Crippen molar-refractivity contribution in [3.63, 3.8) is 0 Å². The van der Waals surface area contributed by atoms with E-state index in [2.05, 4.69) is 0 Å². The third-order valence-corrected chi connectivity index (χ3v) is 5.65. The average molecular weight is 314 g/mol. The fraction of sp³-hybridized carbons (Fsp3) is 0.0588. The lowest BCUT2D eigenvalue weighted by Crippen LogP contribution is -1.96. The Bertz CT molecular complexity index is 716. The van der Waals surface area contributed by atoms with Gasteiger partial charge >= 0.3 is 0 Å². The second kappa shape index (κ2) is 6.33. The minimum atomic E-state index is -1.13. The maximum Gasteiger partial charge on any atom is 0.118 e. The molecule has 0 spiro atoms. The average Bonchev–Trinajstić information content (AvgIpc) is 2.56. The number of hydrogen-bond acceptors (Lipinski definition) is 3. The predicted octanol–water partition coefficient (Wildman–Crippen LogP) is 4.49. The fourth-order valence-corrected chi connectivity index (χ4v) is 4.51. The van der Waals surface area contributed by atoms with Crippen molar-refractivity contribution in [3.05, 3.63) is 76.5 Å². The van der Waals surface area contributed by atoms with Gasteiger partial charge in [-0.1, -0.05) is 54.2 Å². The van der Waals surface area contributed by atoms with Gasteiger partial charge in [0, 0.05) is 10.3 Å². The van der Waals surface area contributed by atoms with E-state index in [-0.39, 0.29) is 0 Å². The first-order valence-corrected chi connectivity index (χ1v) is 8.56. The lowest BCUT2D eigenvalue weighted by Gasteiger charge is -2.13. The van der Waals surface area contributed by atoms with Crippen molar-refractivity contribution in [2.75, 3.05) is 7.11 Å². The highest BCUT2D eigenvalue weighted by Gasteiger charge is 2.16. The molecule has 0 saturated carbocycles. The Hall–Kier alpha value is -1.78. The molecule has 0 aliphatic carbocycles. The van der Waals surface area contributed by atoms with Crippen LogP contribution in [0, 0.1) is 0 Å². The molecule has 0 saturated heterocycles. The van der Waals surface area contributed by atoms with Crippen LogP contribution in [0.1, 0.15) is 11.1 Å². The van der Waals surface area contributed by atoms with Gasteiger partial charge in [-0.3, -0.25) is 0 Å². The third-order valence-electron chi connectivity index (χ3n) is 3.16. The Morgan fingerprint density at radius 3 is 2.29 bits per heavy atom. The van der Waals surface area contributed by atoms with E-state index < -0.39 is 10.8 Å². The normalized spacial score (nSPS) is 17.9. The van der Waals surface area contributed by atoms with Crippen LogP contribution in [0.25, 0.3) is 9.81 Å². The van der Waals surface area contributed by atoms with E-state index in [1.807, 2.05) is 65.4 Å². The van der Waals surface area contributed by atoms with Crippen LogP contribution < -0.4 is 4.74 Å². The molecule has 2 aromatic rings. The molecule has 21 heavy (non-hydrogen) atoms. The molecule has 0 amide bonds. The third kappa shape index (κ3) is 3.12. The lowest BCUT2D eigenvalue weighted by molar-refractivity contribution is 0.415. The number of benzene rings is 2. The van der Waals surface area contributed by atoms with Gasteiger partial charge < -0.3 is 4.74 Å². The fourth-order valence-electron chi connectivity index (χ4n) is 2.03. The first kappa shape index (κ1) is 14.2. The summed E-state index contributed by atoms with van der Waals surface area (Å²) in [6.45, 7) is 0. The molecule has 1 heterocycles. The topological polar surface area (TPSA) is 26.3 Å². The Morgan fingerprint density at radius 2 is 1.67 bits per heavy atom. The highest BCUT2D eigenvalue weighted by atomic mass is 32.2. The quantitative estimate of drug-likeness (QED) is 0.835. The summed E-state index contributed by atoms with van der Waals surface area (Å²) in [5.74, 6) is 0.800. The van der Waals surface area contributed by atoms with E-state index in [0.717, 1.165) is 26.7 Å². The molecule has 0 fully saturated rings. The molecular weight excluding hydrogens is 300 g/mol. The van der Waals surface area contributed by atoms with Crippen molar-refractivity contribution >= 4 is 32.4 Å². The number of rotatable bonds is 3. The van der Waals surface area contributed by atoms with Gasteiger partial charge in [-0.2, -0.15) is 0 Å². The smallest absolute Gasteiger partial charge is 0.118 e. The number of thioether (sulfide) groups is 1. The first-order chi connectivity index (χ1) is 10.3. The van der Waals surface area contributed by atoms with Gasteiger partial charge in [0.25, 0.3) is 0 Å². The molecule has 0 bridgehead atoms. The van der Waals surface area contributed by atoms with Crippen molar-refractivity contribution in [1.82, 2.24) is 0 Å². The molecule has 1 aliphatic rings. The Balaban J connectivity index is 1.85.